The van der Waals surface area contributed by atoms with Gasteiger partial charge in [0.1, 0.15) is 29.9 Å². The standard InChI is InChI=1S/C73H104N16O9/c1-5-59(74-3)68(91)80-66-54(36-37-76-42-49-16-10-7-11-17-49)26-29-57-32-34-63(89(57)72(66)95)71(94)79-65(53-20-14-9-15-21-53)61-46-87(85-83-61)39-41-98-48-52-24-22-51(23-25-52)47-97-40-38-86-45-56(82-84-86)28-35-64(90)77-44-55-27-30-58-31-33-62(70(93)78-43-50-18-12-8-13-19-50)88(58)73(96)67(55)81-69(92)60(6-2)75-4/h7-21,45-46,51-52,54-55,57-60,62-63,65-67,74-76H,5-6,22-44,47-48H2,1-4H3,(H,77,90)(H,78,93)(H,79,94)(H,80,91)(H,81,92)/t51?,52?,54-,55-,57+,58+,59+,60+,62+,63+,65+,66+,67+/m1/s1. The van der Waals surface area contributed by atoms with Gasteiger partial charge in [0, 0.05) is 69.9 Å². The van der Waals surface area contributed by atoms with Crippen molar-refractivity contribution in [3.05, 3.63) is 131 Å². The van der Waals surface area contributed by atoms with E-state index in [1.807, 2.05) is 105 Å². The third-order valence-electron chi connectivity index (χ3n) is 20.9. The van der Waals surface area contributed by atoms with Crippen molar-refractivity contribution >= 4 is 41.4 Å². The van der Waals surface area contributed by atoms with Gasteiger partial charge < -0.3 is 61.8 Å². The van der Waals surface area contributed by atoms with Gasteiger partial charge in [-0.2, -0.15) is 0 Å². The lowest BCUT2D eigenvalue weighted by Crippen LogP contribution is -2.59. The fourth-order valence-electron chi connectivity index (χ4n) is 15.1. The van der Waals surface area contributed by atoms with E-state index in [2.05, 4.69) is 75.3 Å². The smallest absolute Gasteiger partial charge is 0.246 e. The van der Waals surface area contributed by atoms with E-state index in [9.17, 15) is 33.6 Å². The molecule has 0 bridgehead atoms. The number of rotatable bonds is 35. The van der Waals surface area contributed by atoms with Gasteiger partial charge >= 0.3 is 0 Å². The number of hydrogen-bond donors (Lipinski definition) is 8. The van der Waals surface area contributed by atoms with Crippen molar-refractivity contribution in [3.63, 3.8) is 0 Å². The molecule has 98 heavy (non-hydrogen) atoms. The number of likely N-dealkylation sites (N-methyl/N-ethyl adjacent to an activating group) is 2. The van der Waals surface area contributed by atoms with Gasteiger partial charge in [-0.3, -0.25) is 33.6 Å². The largest absolute Gasteiger partial charge is 0.379 e. The second-order valence-corrected chi connectivity index (χ2v) is 27.4. The van der Waals surface area contributed by atoms with Crippen LogP contribution < -0.4 is 42.5 Å². The van der Waals surface area contributed by atoms with Crippen molar-refractivity contribution in [1.82, 2.24) is 82.3 Å². The first kappa shape index (κ1) is 72.8. The zero-order chi connectivity index (χ0) is 68.8. The maximum atomic E-state index is 14.9. The summed E-state index contributed by atoms with van der Waals surface area (Å²) in [5.41, 5.74) is 4.24. The first-order valence-electron chi connectivity index (χ1n) is 36.0. The lowest BCUT2D eigenvalue weighted by atomic mass is 9.83. The van der Waals surface area contributed by atoms with Crippen LogP contribution in [-0.2, 0) is 75.6 Å². The van der Waals surface area contributed by atoms with Gasteiger partial charge in [0.15, 0.2) is 0 Å². The molecule has 8 N–H and O–H groups in total. The molecule has 1 saturated carbocycles. The number of carbonyl (C=O) groups excluding carboxylic acids is 7. The highest BCUT2D eigenvalue weighted by Crippen LogP contribution is 2.37. The minimum Gasteiger partial charge on any atom is -0.379 e. The van der Waals surface area contributed by atoms with Crippen molar-refractivity contribution in [2.45, 2.75) is 204 Å². The van der Waals surface area contributed by atoms with Gasteiger partial charge in [-0.25, -0.2) is 9.36 Å². The predicted molar refractivity (Wildman–Crippen MR) is 369 cm³/mol. The quantitative estimate of drug-likeness (QED) is 0.0256. The predicted octanol–water partition coefficient (Wildman–Crippen LogP) is 4.66. The monoisotopic (exact) mass is 1350 g/mol. The molecule has 25 heteroatoms. The highest BCUT2D eigenvalue weighted by molar-refractivity contribution is 5.95. The van der Waals surface area contributed by atoms with Gasteiger partial charge in [-0.05, 0) is 151 Å². The van der Waals surface area contributed by atoms with E-state index in [4.69, 9.17) is 9.47 Å². The Kier molecular flexibility index (Phi) is 27.3. The third-order valence-corrected chi connectivity index (χ3v) is 20.9. The minimum atomic E-state index is -0.910. The van der Waals surface area contributed by atoms with Crippen molar-refractivity contribution in [1.29, 1.82) is 0 Å². The van der Waals surface area contributed by atoms with Crippen LogP contribution in [0.25, 0.3) is 0 Å². The average Bonchev–Trinajstić information content (AvgIpc) is 1.63. The molecular weight excluding hydrogens is 1240 g/mol. The molecule has 5 aromatic rings. The summed E-state index contributed by atoms with van der Waals surface area (Å²) in [7, 11) is 3.46. The van der Waals surface area contributed by atoms with Crippen LogP contribution in [0.15, 0.2) is 103 Å². The van der Waals surface area contributed by atoms with E-state index in [0.29, 0.717) is 147 Å². The first-order chi connectivity index (χ1) is 47.8. The molecule has 5 fully saturated rings. The van der Waals surface area contributed by atoms with Gasteiger partial charge in [-0.1, -0.05) is 115 Å². The number of aryl methyl sites for hydroxylation is 1. The molecule has 0 radical (unpaired) electrons. The Labute approximate surface area is 576 Å². The van der Waals surface area contributed by atoms with Crippen LogP contribution in [0.2, 0.25) is 0 Å². The molecule has 6 heterocycles. The topological polar surface area (TPSA) is 302 Å². The summed E-state index contributed by atoms with van der Waals surface area (Å²) in [6, 6.07) is 24.7. The Bertz CT molecular complexity index is 3340. The van der Waals surface area contributed by atoms with Crippen molar-refractivity contribution < 1.29 is 43.0 Å². The number of aromatic nitrogens is 6. The molecular formula is C73H104N16O9. The molecule has 2 aromatic heterocycles. The molecule has 0 unspecified atom stereocenters. The summed E-state index contributed by atoms with van der Waals surface area (Å²) in [5, 5.41) is 42.8. The van der Waals surface area contributed by atoms with Crippen LogP contribution in [0, 0.1) is 23.7 Å². The maximum absolute atomic E-state index is 14.9. The maximum Gasteiger partial charge on any atom is 0.246 e. The molecule has 0 spiro atoms. The number of nitrogens with zero attached hydrogens (tertiary/aromatic N) is 8. The molecule has 4 aliphatic heterocycles. The van der Waals surface area contributed by atoms with E-state index >= 15 is 0 Å². The van der Waals surface area contributed by atoms with Crippen LogP contribution in [0.3, 0.4) is 0 Å². The number of nitrogens with one attached hydrogen (secondary N) is 8. The number of benzene rings is 3. The summed E-state index contributed by atoms with van der Waals surface area (Å²) in [4.78, 5) is 102. The molecule has 3 aromatic carbocycles. The Morgan fingerprint density at radius 3 is 1.65 bits per heavy atom. The van der Waals surface area contributed by atoms with Crippen LogP contribution in [0.5, 0.6) is 0 Å². The molecule has 4 saturated heterocycles. The Balaban J connectivity index is 0.626. The summed E-state index contributed by atoms with van der Waals surface area (Å²) in [6.07, 6.45) is 15.4. The van der Waals surface area contributed by atoms with Gasteiger partial charge in [0.2, 0.25) is 41.4 Å². The number of carbonyl (C=O) groups is 7. The van der Waals surface area contributed by atoms with Crippen LogP contribution in [0.1, 0.15) is 151 Å². The molecule has 25 nitrogen and oxygen atoms in total. The van der Waals surface area contributed by atoms with Crippen LogP contribution in [-0.4, -0.2) is 183 Å². The summed E-state index contributed by atoms with van der Waals surface area (Å²) in [6.45, 7) is 9.01. The first-order valence-corrected chi connectivity index (χ1v) is 36.0. The fourth-order valence-corrected chi connectivity index (χ4v) is 15.1. The van der Waals surface area contributed by atoms with Crippen LogP contribution >= 0.6 is 0 Å². The number of amides is 7. The Morgan fingerprint density at radius 1 is 0.571 bits per heavy atom. The van der Waals surface area contributed by atoms with Crippen molar-refractivity contribution in [3.8, 4) is 0 Å². The lowest BCUT2D eigenvalue weighted by Gasteiger charge is -2.33. The molecule has 7 amide bonds. The van der Waals surface area contributed by atoms with E-state index in [0.717, 1.165) is 49.7 Å². The number of hydrogen-bond acceptors (Lipinski definition) is 16. The zero-order valence-corrected chi connectivity index (χ0v) is 57.7. The lowest BCUT2D eigenvalue weighted by molar-refractivity contribution is -0.143. The van der Waals surface area contributed by atoms with Crippen LogP contribution in [0.4, 0.5) is 0 Å². The summed E-state index contributed by atoms with van der Waals surface area (Å²) < 4.78 is 15.9. The van der Waals surface area contributed by atoms with E-state index in [1.165, 1.54) is 5.56 Å². The SMILES string of the molecule is CC[C@H](NC)C(=O)N[C@@H]1C(=O)N2[C@@H](CC[C@@H]1CNC(=O)CCc1cn(CCOCC3CCC(COCCn4cc([C@@H](NC(=O)[C@@H]5CC[C@@H]6CC[C@H](CCNCc7ccccc7)[C@H](NC(=O)[C@H](CC)NC)C(=O)N65)c5ccccc5)nn4)CC3)nn1)CC[C@H]2C(=O)NCc1ccccc1. The molecule has 530 valence electrons. The number of ether oxygens (including phenoxy) is 2. The molecule has 1 aliphatic carbocycles. The highest BCUT2D eigenvalue weighted by Gasteiger charge is 2.50. The normalized spacial score (nSPS) is 24.1. The fraction of sp³-hybridized carbons (Fsp3) is 0.603. The van der Waals surface area contributed by atoms with Crippen molar-refractivity contribution in [2.75, 3.05) is 53.6 Å². The molecule has 10 rings (SSSR count). The zero-order valence-electron chi connectivity index (χ0n) is 57.7. The molecule has 11 atom stereocenters. The third kappa shape index (κ3) is 19.7. The van der Waals surface area contributed by atoms with Crippen molar-refractivity contribution in [2.24, 2.45) is 23.7 Å². The number of fused-ring (bicyclic) bond motifs is 2. The Morgan fingerprint density at radius 2 is 1.08 bits per heavy atom. The van der Waals surface area contributed by atoms with Gasteiger partial charge in [0.25, 0.3) is 0 Å². The molecule has 5 aliphatic rings. The van der Waals surface area contributed by atoms with Gasteiger partial charge in [-0.15, -0.1) is 10.2 Å². The highest BCUT2D eigenvalue weighted by atomic mass is 16.5. The van der Waals surface area contributed by atoms with E-state index in [1.54, 1.807) is 33.3 Å². The minimum absolute atomic E-state index is 0.106. The Hall–Kier alpha value is -7.97. The second kappa shape index (κ2) is 36.7. The summed E-state index contributed by atoms with van der Waals surface area (Å²) >= 11 is 0. The van der Waals surface area contributed by atoms with E-state index < -0.39 is 42.3 Å². The van der Waals surface area contributed by atoms with Gasteiger partial charge in [0.05, 0.1) is 56.3 Å². The van der Waals surface area contributed by atoms with E-state index in [-0.39, 0.29) is 78.2 Å². The average molecular weight is 1350 g/mol. The second-order valence-electron chi connectivity index (χ2n) is 27.4. The summed E-state index contributed by atoms with van der Waals surface area (Å²) in [5.74, 6) is -1.24.